The molecule has 0 aliphatic carbocycles. The summed E-state index contributed by atoms with van der Waals surface area (Å²) in [6, 6.07) is 5.26. The summed E-state index contributed by atoms with van der Waals surface area (Å²) in [5.41, 5.74) is 7.25. The molecule has 0 radical (unpaired) electrons. The van der Waals surface area contributed by atoms with Crippen molar-refractivity contribution < 1.29 is 13.2 Å². The van der Waals surface area contributed by atoms with Crippen LogP contribution in [-0.2, 0) is 21.3 Å². The summed E-state index contributed by atoms with van der Waals surface area (Å²) < 4.78 is 32.1. The molecule has 1 aromatic rings. The van der Waals surface area contributed by atoms with Crippen LogP contribution in [0.1, 0.15) is 17.5 Å². The highest BCUT2D eigenvalue weighted by Crippen LogP contribution is 2.23. The minimum atomic E-state index is -3.45. The van der Waals surface area contributed by atoms with Gasteiger partial charge in [0.05, 0.1) is 11.5 Å². The standard InChI is InChI=1S/C13H20N2O3S/c1-11-12(10-14)4-2-5-13(11)19(16,17)15-6-3-8-18-9-7-15/h2,4-5H,3,6-10,14H2,1H3. The van der Waals surface area contributed by atoms with Crippen LogP contribution in [0.25, 0.3) is 0 Å². The fourth-order valence-electron chi connectivity index (χ4n) is 2.26. The predicted octanol–water partition coefficient (Wildman–Crippen LogP) is 0.865. The number of nitrogens with zero attached hydrogens (tertiary/aromatic N) is 1. The number of hydrogen-bond donors (Lipinski definition) is 1. The quantitative estimate of drug-likeness (QED) is 0.893. The number of nitrogens with two attached hydrogens (primary N) is 1. The number of benzene rings is 1. The molecule has 0 aromatic heterocycles. The van der Waals surface area contributed by atoms with Gasteiger partial charge in [0.15, 0.2) is 0 Å². The largest absolute Gasteiger partial charge is 0.380 e. The number of sulfonamides is 1. The molecule has 0 amide bonds. The van der Waals surface area contributed by atoms with Gasteiger partial charge in [-0.05, 0) is 30.5 Å². The molecule has 0 spiro atoms. The molecule has 0 bridgehead atoms. The van der Waals surface area contributed by atoms with Crippen LogP contribution >= 0.6 is 0 Å². The highest BCUT2D eigenvalue weighted by atomic mass is 32.2. The summed E-state index contributed by atoms with van der Waals surface area (Å²) in [5, 5.41) is 0. The van der Waals surface area contributed by atoms with Crippen LogP contribution in [0, 0.1) is 6.92 Å². The second kappa shape index (κ2) is 6.00. The van der Waals surface area contributed by atoms with Crippen LogP contribution in [0.4, 0.5) is 0 Å². The van der Waals surface area contributed by atoms with Crippen molar-refractivity contribution in [3.63, 3.8) is 0 Å². The van der Waals surface area contributed by atoms with Crippen molar-refractivity contribution in [1.82, 2.24) is 4.31 Å². The van der Waals surface area contributed by atoms with Gasteiger partial charge < -0.3 is 10.5 Å². The van der Waals surface area contributed by atoms with Crippen LogP contribution in [0.5, 0.6) is 0 Å². The molecular formula is C13H20N2O3S. The lowest BCUT2D eigenvalue weighted by atomic mass is 10.1. The van der Waals surface area contributed by atoms with Crippen molar-refractivity contribution in [1.29, 1.82) is 0 Å². The fraction of sp³-hybridized carbons (Fsp3) is 0.538. The Morgan fingerprint density at radius 1 is 1.32 bits per heavy atom. The molecule has 1 aliphatic heterocycles. The van der Waals surface area contributed by atoms with E-state index in [2.05, 4.69) is 0 Å². The Morgan fingerprint density at radius 2 is 2.11 bits per heavy atom. The van der Waals surface area contributed by atoms with Crippen LogP contribution < -0.4 is 5.73 Å². The number of ether oxygens (including phenoxy) is 1. The lowest BCUT2D eigenvalue weighted by molar-refractivity contribution is 0.148. The van der Waals surface area contributed by atoms with E-state index in [4.69, 9.17) is 10.5 Å². The summed E-state index contributed by atoms with van der Waals surface area (Å²) in [5.74, 6) is 0. The van der Waals surface area contributed by atoms with Crippen LogP contribution in [0.3, 0.4) is 0 Å². The zero-order valence-corrected chi connectivity index (χ0v) is 11.9. The van der Waals surface area contributed by atoms with Gasteiger partial charge >= 0.3 is 0 Å². The summed E-state index contributed by atoms with van der Waals surface area (Å²) in [4.78, 5) is 0.359. The summed E-state index contributed by atoms with van der Waals surface area (Å²) >= 11 is 0. The van der Waals surface area contributed by atoms with Crippen molar-refractivity contribution in [2.75, 3.05) is 26.3 Å². The van der Waals surface area contributed by atoms with Crippen molar-refractivity contribution >= 4 is 10.0 Å². The molecule has 6 heteroatoms. The average molecular weight is 284 g/mol. The van der Waals surface area contributed by atoms with E-state index in [1.54, 1.807) is 12.1 Å². The van der Waals surface area contributed by atoms with Crippen LogP contribution in [-0.4, -0.2) is 39.0 Å². The van der Waals surface area contributed by atoms with Gasteiger partial charge in [-0.2, -0.15) is 4.31 Å². The maximum Gasteiger partial charge on any atom is 0.243 e. The topological polar surface area (TPSA) is 72.6 Å². The van der Waals surface area contributed by atoms with Crippen LogP contribution in [0.2, 0.25) is 0 Å². The molecule has 0 saturated carbocycles. The predicted molar refractivity (Wildman–Crippen MR) is 73.3 cm³/mol. The van der Waals surface area contributed by atoms with Crippen molar-refractivity contribution in [3.05, 3.63) is 29.3 Å². The van der Waals surface area contributed by atoms with Gasteiger partial charge in [-0.25, -0.2) is 8.42 Å². The molecule has 1 aliphatic rings. The van der Waals surface area contributed by atoms with Gasteiger partial charge in [0, 0.05) is 26.2 Å². The minimum Gasteiger partial charge on any atom is -0.380 e. The second-order valence-electron chi connectivity index (χ2n) is 4.61. The van der Waals surface area contributed by atoms with Crippen molar-refractivity contribution in [2.45, 2.75) is 24.8 Å². The Labute approximate surface area is 114 Å². The molecule has 1 saturated heterocycles. The molecule has 5 nitrogen and oxygen atoms in total. The lowest BCUT2D eigenvalue weighted by Gasteiger charge is -2.21. The van der Waals surface area contributed by atoms with E-state index < -0.39 is 10.0 Å². The molecule has 2 N–H and O–H groups in total. The smallest absolute Gasteiger partial charge is 0.243 e. The zero-order valence-electron chi connectivity index (χ0n) is 11.1. The van der Waals surface area contributed by atoms with E-state index >= 15 is 0 Å². The molecule has 0 unspecified atom stereocenters. The molecule has 1 heterocycles. The van der Waals surface area contributed by atoms with E-state index in [1.807, 2.05) is 13.0 Å². The summed E-state index contributed by atoms with van der Waals surface area (Å²) in [6.45, 7) is 4.15. The molecular weight excluding hydrogens is 264 g/mol. The monoisotopic (exact) mass is 284 g/mol. The molecule has 2 rings (SSSR count). The van der Waals surface area contributed by atoms with E-state index in [-0.39, 0.29) is 0 Å². The molecule has 106 valence electrons. The van der Waals surface area contributed by atoms with Gasteiger partial charge in [-0.15, -0.1) is 0 Å². The first-order valence-corrected chi connectivity index (χ1v) is 7.88. The highest BCUT2D eigenvalue weighted by molar-refractivity contribution is 7.89. The second-order valence-corrected chi connectivity index (χ2v) is 6.52. The molecule has 1 fully saturated rings. The fourth-order valence-corrected chi connectivity index (χ4v) is 3.99. The SMILES string of the molecule is Cc1c(CN)cccc1S(=O)(=O)N1CCCOCC1. The zero-order chi connectivity index (χ0) is 13.9. The summed E-state index contributed by atoms with van der Waals surface area (Å²) in [6.07, 6.45) is 0.731. The molecule has 0 atom stereocenters. The maximum atomic E-state index is 12.7. The Kier molecular flexibility index (Phi) is 4.57. The van der Waals surface area contributed by atoms with Gasteiger partial charge in [0.1, 0.15) is 0 Å². The Balaban J connectivity index is 2.38. The first-order valence-electron chi connectivity index (χ1n) is 6.44. The van der Waals surface area contributed by atoms with Crippen LogP contribution in [0.15, 0.2) is 23.1 Å². The number of rotatable bonds is 3. The third kappa shape index (κ3) is 2.97. The Bertz CT molecular complexity index is 535. The first-order chi connectivity index (χ1) is 9.07. The highest BCUT2D eigenvalue weighted by Gasteiger charge is 2.27. The van der Waals surface area contributed by atoms with E-state index in [0.29, 0.717) is 37.7 Å². The minimum absolute atomic E-state index is 0.346. The van der Waals surface area contributed by atoms with E-state index in [9.17, 15) is 8.42 Å². The Morgan fingerprint density at radius 3 is 2.84 bits per heavy atom. The van der Waals surface area contributed by atoms with Gasteiger partial charge in [-0.1, -0.05) is 12.1 Å². The van der Waals surface area contributed by atoms with E-state index in [1.165, 1.54) is 4.31 Å². The van der Waals surface area contributed by atoms with Gasteiger partial charge in [-0.3, -0.25) is 0 Å². The van der Waals surface area contributed by atoms with E-state index in [0.717, 1.165) is 17.5 Å². The lowest BCUT2D eigenvalue weighted by Crippen LogP contribution is -2.33. The Hall–Kier alpha value is -0.950. The summed E-state index contributed by atoms with van der Waals surface area (Å²) in [7, 11) is -3.45. The maximum absolute atomic E-state index is 12.7. The first kappa shape index (κ1) is 14.5. The van der Waals surface area contributed by atoms with Crippen molar-refractivity contribution in [3.8, 4) is 0 Å². The molecule has 19 heavy (non-hydrogen) atoms. The van der Waals surface area contributed by atoms with Gasteiger partial charge in [0.2, 0.25) is 10.0 Å². The molecule has 1 aromatic carbocycles. The van der Waals surface area contributed by atoms with Crippen molar-refractivity contribution in [2.24, 2.45) is 5.73 Å². The number of hydrogen-bond acceptors (Lipinski definition) is 4. The normalized spacial score (nSPS) is 18.2. The third-order valence-corrected chi connectivity index (χ3v) is 5.46. The van der Waals surface area contributed by atoms with Gasteiger partial charge in [0.25, 0.3) is 0 Å². The third-order valence-electron chi connectivity index (χ3n) is 3.42. The average Bonchev–Trinajstić information content (AvgIpc) is 2.68.